The molecule has 0 saturated carbocycles. The number of rotatable bonds is 10. The number of likely N-dealkylation sites (tertiary alicyclic amines) is 1. The Balaban J connectivity index is 1.52. The number of aliphatic hydroxyl groups excluding tert-OH is 1. The van der Waals surface area contributed by atoms with E-state index in [1.165, 1.54) is 4.90 Å². The molecule has 9 heteroatoms. The highest BCUT2D eigenvalue weighted by molar-refractivity contribution is 9.09. The van der Waals surface area contributed by atoms with E-state index < -0.39 is 35.6 Å². The second kappa shape index (κ2) is 11.4. The van der Waals surface area contributed by atoms with Crippen molar-refractivity contribution in [2.75, 3.05) is 11.9 Å². The van der Waals surface area contributed by atoms with Crippen LogP contribution >= 0.6 is 15.9 Å². The summed E-state index contributed by atoms with van der Waals surface area (Å²) in [4.78, 5) is 43.3. The van der Waals surface area contributed by atoms with E-state index in [9.17, 15) is 19.5 Å². The number of ether oxygens (including phenoxy) is 1. The van der Waals surface area contributed by atoms with Gasteiger partial charge in [0, 0.05) is 16.6 Å². The molecule has 3 amide bonds. The fourth-order valence-electron chi connectivity index (χ4n) is 6.77. The van der Waals surface area contributed by atoms with E-state index >= 15 is 0 Å². The van der Waals surface area contributed by atoms with Gasteiger partial charge in [0.1, 0.15) is 11.6 Å². The van der Waals surface area contributed by atoms with Crippen LogP contribution in [0.2, 0.25) is 0 Å². The summed E-state index contributed by atoms with van der Waals surface area (Å²) in [6.07, 6.45) is 1.95. The maximum absolute atomic E-state index is 14.3. The first kappa shape index (κ1) is 27.8. The number of alkyl halides is 1. The number of fused-ring (bicyclic) bond motifs is 1. The maximum Gasteiger partial charge on any atom is 0.246 e. The molecule has 1 spiro atoms. The maximum atomic E-state index is 14.3. The molecule has 3 fully saturated rings. The lowest BCUT2D eigenvalue weighted by Gasteiger charge is -2.37. The Morgan fingerprint density at radius 2 is 1.79 bits per heavy atom. The monoisotopic (exact) mass is 597 g/mol. The van der Waals surface area contributed by atoms with Crippen LogP contribution in [0.3, 0.4) is 0 Å². The highest BCUT2D eigenvalue weighted by Crippen LogP contribution is 2.60. The lowest BCUT2D eigenvalue weighted by Crippen LogP contribution is -2.59. The average Bonchev–Trinajstić information content (AvgIpc) is 3.52. The van der Waals surface area contributed by atoms with Gasteiger partial charge in [-0.3, -0.25) is 14.4 Å². The van der Waals surface area contributed by atoms with Crippen molar-refractivity contribution < 1.29 is 24.2 Å². The summed E-state index contributed by atoms with van der Waals surface area (Å²) in [5, 5.41) is 16.6. The van der Waals surface area contributed by atoms with Crippen LogP contribution in [0.15, 0.2) is 60.7 Å². The number of aliphatic hydroxyl groups is 1. The van der Waals surface area contributed by atoms with Gasteiger partial charge in [0.25, 0.3) is 0 Å². The van der Waals surface area contributed by atoms with Crippen LogP contribution in [0.1, 0.15) is 38.7 Å². The minimum atomic E-state index is -1.17. The first-order valence-corrected chi connectivity index (χ1v) is 14.7. The van der Waals surface area contributed by atoms with Gasteiger partial charge in [-0.2, -0.15) is 0 Å². The lowest BCUT2D eigenvalue weighted by atomic mass is 9.70. The summed E-state index contributed by atoms with van der Waals surface area (Å²) < 4.78 is 6.58. The molecule has 3 aliphatic heterocycles. The van der Waals surface area contributed by atoms with Gasteiger partial charge in [0.15, 0.2) is 0 Å². The fourth-order valence-corrected chi connectivity index (χ4v) is 7.71. The molecule has 5 rings (SSSR count). The van der Waals surface area contributed by atoms with Crippen molar-refractivity contribution in [3.8, 4) is 0 Å². The quantitative estimate of drug-likeness (QED) is 0.364. The first-order valence-electron chi connectivity index (χ1n) is 13.8. The van der Waals surface area contributed by atoms with Crippen LogP contribution in [-0.4, -0.2) is 69.0 Å². The van der Waals surface area contributed by atoms with Gasteiger partial charge in [-0.25, -0.2) is 0 Å². The molecule has 2 bridgehead atoms. The van der Waals surface area contributed by atoms with E-state index in [2.05, 4.69) is 33.5 Å². The molecule has 3 N–H and O–H groups in total. The topological polar surface area (TPSA) is 108 Å². The predicted octanol–water partition coefficient (Wildman–Crippen LogP) is 3.28. The second-order valence-corrected chi connectivity index (χ2v) is 12.2. The fraction of sp³-hybridized carbons (Fsp3) is 0.500. The predicted molar refractivity (Wildman–Crippen MR) is 151 cm³/mol. The Morgan fingerprint density at radius 3 is 2.44 bits per heavy atom. The molecule has 2 aromatic rings. The summed E-state index contributed by atoms with van der Waals surface area (Å²) in [5.74, 6) is -2.53. The number of nitrogens with one attached hydrogen (secondary N) is 2. The van der Waals surface area contributed by atoms with Crippen LogP contribution in [-0.2, 0) is 25.5 Å². The van der Waals surface area contributed by atoms with Crippen LogP contribution in [0.5, 0.6) is 0 Å². The van der Waals surface area contributed by atoms with Gasteiger partial charge >= 0.3 is 0 Å². The SMILES string of the molecule is CCCC(C)NC(=O)C1N([C@@H](CO)Cc2ccccc2)C(=O)[C@@H]2[C@H](C(=O)Nc3ccccc3)[C@H]3OC12CC3Br. The number of para-hydroxylation sites is 1. The van der Waals surface area contributed by atoms with E-state index in [1.807, 2.05) is 55.5 Å². The summed E-state index contributed by atoms with van der Waals surface area (Å²) in [7, 11) is 0. The highest BCUT2D eigenvalue weighted by atomic mass is 79.9. The molecule has 3 aliphatic rings. The Kier molecular flexibility index (Phi) is 8.12. The number of amides is 3. The van der Waals surface area contributed by atoms with Crippen molar-refractivity contribution in [1.82, 2.24) is 10.2 Å². The summed E-state index contributed by atoms with van der Waals surface area (Å²) in [5.41, 5.74) is 0.404. The van der Waals surface area contributed by atoms with Crippen molar-refractivity contribution in [2.24, 2.45) is 11.8 Å². The van der Waals surface area contributed by atoms with E-state index in [4.69, 9.17) is 4.74 Å². The molecule has 39 heavy (non-hydrogen) atoms. The zero-order valence-corrected chi connectivity index (χ0v) is 23.8. The lowest BCUT2D eigenvalue weighted by molar-refractivity contribution is -0.145. The van der Waals surface area contributed by atoms with Crippen molar-refractivity contribution in [2.45, 2.75) is 74.2 Å². The molecule has 0 radical (unpaired) electrons. The molecule has 8 atom stereocenters. The summed E-state index contributed by atoms with van der Waals surface area (Å²) in [6, 6.07) is 17.0. The minimum Gasteiger partial charge on any atom is -0.394 e. The van der Waals surface area contributed by atoms with Gasteiger partial charge < -0.3 is 25.4 Å². The van der Waals surface area contributed by atoms with Crippen molar-refractivity contribution in [3.05, 3.63) is 66.2 Å². The van der Waals surface area contributed by atoms with Gasteiger partial charge in [-0.15, -0.1) is 0 Å². The first-order chi connectivity index (χ1) is 18.8. The highest BCUT2D eigenvalue weighted by Gasteiger charge is 2.77. The second-order valence-electron chi connectivity index (χ2n) is 11.0. The van der Waals surface area contributed by atoms with Crippen LogP contribution in [0.4, 0.5) is 5.69 Å². The molecule has 0 aromatic heterocycles. The van der Waals surface area contributed by atoms with E-state index in [0.717, 1.165) is 18.4 Å². The molecule has 208 valence electrons. The van der Waals surface area contributed by atoms with Gasteiger partial charge in [-0.05, 0) is 43.9 Å². The zero-order valence-electron chi connectivity index (χ0n) is 22.3. The molecule has 0 aliphatic carbocycles. The zero-order chi connectivity index (χ0) is 27.7. The molecule has 4 unspecified atom stereocenters. The number of carbonyl (C=O) groups is 3. The average molecular weight is 599 g/mol. The van der Waals surface area contributed by atoms with Gasteiger partial charge in [-0.1, -0.05) is 77.8 Å². The Bertz CT molecular complexity index is 1200. The minimum absolute atomic E-state index is 0.0906. The van der Waals surface area contributed by atoms with Crippen LogP contribution in [0.25, 0.3) is 0 Å². The van der Waals surface area contributed by atoms with Crippen molar-refractivity contribution in [3.63, 3.8) is 0 Å². The smallest absolute Gasteiger partial charge is 0.246 e. The number of nitrogens with zero attached hydrogens (tertiary/aromatic N) is 1. The number of benzene rings is 2. The van der Waals surface area contributed by atoms with Crippen LogP contribution in [0, 0.1) is 11.8 Å². The third kappa shape index (κ3) is 5.00. The molecular weight excluding hydrogens is 562 g/mol. The van der Waals surface area contributed by atoms with Crippen LogP contribution < -0.4 is 10.6 Å². The van der Waals surface area contributed by atoms with Crippen molar-refractivity contribution >= 4 is 39.3 Å². The van der Waals surface area contributed by atoms with E-state index in [0.29, 0.717) is 18.5 Å². The number of halogens is 1. The molecule has 3 saturated heterocycles. The molecule has 2 aromatic carbocycles. The van der Waals surface area contributed by atoms with Crippen molar-refractivity contribution in [1.29, 1.82) is 0 Å². The standard InChI is InChI=1S/C30H36BrN3O5/c1-3-10-18(2)32-28(37)26-30-16-22(31)25(39-30)23(27(36)33-20-13-8-5-9-14-20)24(30)29(38)34(26)21(17-35)15-19-11-6-4-7-12-19/h4-9,11-14,18,21-26,35H,3,10,15-17H2,1-2H3,(H,32,37)(H,33,36)/t18?,21-,22?,23+,24+,25+,26?,30?/m1/s1. The van der Waals surface area contributed by atoms with Gasteiger partial charge in [0.05, 0.1) is 30.6 Å². The number of carbonyl (C=O) groups excluding carboxylic acids is 3. The third-order valence-corrected chi connectivity index (χ3v) is 9.19. The number of hydrogen-bond donors (Lipinski definition) is 3. The van der Waals surface area contributed by atoms with Gasteiger partial charge in [0.2, 0.25) is 17.7 Å². The van der Waals surface area contributed by atoms with E-state index in [1.54, 1.807) is 12.1 Å². The van der Waals surface area contributed by atoms with E-state index in [-0.39, 0.29) is 35.2 Å². The molecule has 8 nitrogen and oxygen atoms in total. The molecular formula is C30H36BrN3O5. The third-order valence-electron chi connectivity index (χ3n) is 8.35. The number of anilines is 1. The summed E-state index contributed by atoms with van der Waals surface area (Å²) >= 11 is 3.71. The largest absolute Gasteiger partial charge is 0.394 e. The summed E-state index contributed by atoms with van der Waals surface area (Å²) in [6.45, 7) is 3.68. The number of hydrogen-bond acceptors (Lipinski definition) is 5. The normalized spacial score (nSPS) is 30.6. The molecule has 3 heterocycles. The Hall–Kier alpha value is -2.75. The Morgan fingerprint density at radius 1 is 1.13 bits per heavy atom. The Labute approximate surface area is 237 Å².